The number of nitrogens with zero attached hydrogens (tertiary/aromatic N) is 5. The first-order valence-corrected chi connectivity index (χ1v) is 7.95. The summed E-state index contributed by atoms with van der Waals surface area (Å²) >= 11 is 0. The topological polar surface area (TPSA) is 122 Å². The van der Waals surface area contributed by atoms with Gasteiger partial charge in [0.05, 0.1) is 11.7 Å². The minimum absolute atomic E-state index is 0.213. The Morgan fingerprint density at radius 2 is 2.08 bits per heavy atom. The minimum Gasteiger partial charge on any atom is -0.379 e. The third-order valence-corrected chi connectivity index (χ3v) is 4.17. The van der Waals surface area contributed by atoms with E-state index in [4.69, 9.17) is 16.1 Å². The lowest BCUT2D eigenvalue weighted by atomic mass is 10.0. The average molecular weight is 335 g/mol. The highest BCUT2D eigenvalue weighted by molar-refractivity contribution is 5.94. The van der Waals surface area contributed by atoms with Gasteiger partial charge in [-0.05, 0) is 34.4 Å². The molecule has 0 aliphatic heterocycles. The molecule has 3 heterocycles. The van der Waals surface area contributed by atoms with Gasteiger partial charge in [0.25, 0.3) is 0 Å². The van der Waals surface area contributed by atoms with Gasteiger partial charge in [0.2, 0.25) is 0 Å². The Hall–Kier alpha value is -3.26. The number of aryl methyl sites for hydroxylation is 1. The number of rotatable bonds is 4. The summed E-state index contributed by atoms with van der Waals surface area (Å²) in [6, 6.07) is 8.09. The minimum atomic E-state index is 0.213. The van der Waals surface area contributed by atoms with Crippen LogP contribution in [0.4, 0.5) is 5.82 Å². The van der Waals surface area contributed by atoms with Gasteiger partial charge in [-0.1, -0.05) is 18.2 Å². The Bertz CT molecular complexity index is 1050. The van der Waals surface area contributed by atoms with E-state index in [2.05, 4.69) is 26.3 Å². The van der Waals surface area contributed by atoms with Crippen LogP contribution in [0.5, 0.6) is 0 Å². The van der Waals surface area contributed by atoms with E-state index in [1.165, 1.54) is 0 Å². The molecule has 0 amide bonds. The summed E-state index contributed by atoms with van der Waals surface area (Å²) in [5.41, 5.74) is 16.9. The molecule has 4 rings (SSSR count). The fraction of sp³-hybridized carbons (Fsp3) is 0.176. The van der Waals surface area contributed by atoms with Crippen molar-refractivity contribution in [1.29, 1.82) is 0 Å². The van der Waals surface area contributed by atoms with Crippen molar-refractivity contribution in [2.24, 2.45) is 5.73 Å². The molecule has 0 saturated carbocycles. The lowest BCUT2D eigenvalue weighted by Crippen LogP contribution is -2.01. The van der Waals surface area contributed by atoms with E-state index >= 15 is 0 Å². The largest absolute Gasteiger partial charge is 0.379 e. The quantitative estimate of drug-likeness (QED) is 0.586. The molecular formula is C17H17N7O. The number of anilines is 1. The number of nitrogen functional groups attached to an aromatic ring is 1. The first-order chi connectivity index (χ1) is 12.2. The zero-order valence-electron chi connectivity index (χ0n) is 13.7. The van der Waals surface area contributed by atoms with Gasteiger partial charge in [0, 0.05) is 24.8 Å². The summed E-state index contributed by atoms with van der Waals surface area (Å²) < 4.78 is 6.77. The number of fused-ring (bicyclic) bond motifs is 1. The molecule has 0 radical (unpaired) electrons. The normalized spacial score (nSPS) is 11.3. The van der Waals surface area contributed by atoms with Gasteiger partial charge in [-0.2, -0.15) is 0 Å². The van der Waals surface area contributed by atoms with Crippen molar-refractivity contribution in [3.8, 4) is 22.6 Å². The highest BCUT2D eigenvalue weighted by Crippen LogP contribution is 2.32. The zero-order chi connectivity index (χ0) is 17.4. The lowest BCUT2D eigenvalue weighted by Gasteiger charge is -2.09. The molecule has 0 saturated heterocycles. The molecule has 0 aliphatic carbocycles. The molecule has 25 heavy (non-hydrogen) atoms. The Kier molecular flexibility index (Phi) is 3.66. The van der Waals surface area contributed by atoms with Crippen LogP contribution in [0.2, 0.25) is 0 Å². The highest BCUT2D eigenvalue weighted by Gasteiger charge is 2.20. The van der Waals surface area contributed by atoms with Crippen molar-refractivity contribution in [2.45, 2.75) is 20.0 Å². The van der Waals surface area contributed by atoms with Gasteiger partial charge in [-0.3, -0.25) is 4.98 Å². The highest BCUT2D eigenvalue weighted by atomic mass is 16.6. The second-order valence-corrected chi connectivity index (χ2v) is 5.64. The number of nitrogens with two attached hydrogens (primary N) is 2. The third kappa shape index (κ3) is 2.43. The molecule has 0 spiro atoms. The van der Waals surface area contributed by atoms with Gasteiger partial charge < -0.3 is 16.0 Å². The fourth-order valence-corrected chi connectivity index (χ4v) is 3.00. The summed E-state index contributed by atoms with van der Waals surface area (Å²) in [6.45, 7) is 3.21. The van der Waals surface area contributed by atoms with Crippen LogP contribution in [0.1, 0.15) is 12.5 Å². The number of aromatic nitrogens is 5. The molecule has 0 fully saturated rings. The van der Waals surface area contributed by atoms with E-state index < -0.39 is 0 Å². The number of hydrogen-bond acceptors (Lipinski definition) is 7. The molecule has 0 atom stereocenters. The van der Waals surface area contributed by atoms with Crippen LogP contribution in [-0.2, 0) is 13.1 Å². The van der Waals surface area contributed by atoms with Crippen LogP contribution in [0.15, 0.2) is 41.3 Å². The Morgan fingerprint density at radius 1 is 1.20 bits per heavy atom. The number of imidazole rings is 1. The average Bonchev–Trinajstić information content (AvgIpc) is 3.24. The molecule has 8 heteroatoms. The van der Waals surface area contributed by atoms with E-state index in [9.17, 15) is 0 Å². The van der Waals surface area contributed by atoms with Gasteiger partial charge in [-0.15, -0.1) is 0 Å². The van der Waals surface area contributed by atoms with Crippen molar-refractivity contribution in [1.82, 2.24) is 24.8 Å². The molecule has 126 valence electrons. The second kappa shape index (κ2) is 5.99. The molecule has 8 nitrogen and oxygen atoms in total. The van der Waals surface area contributed by atoms with E-state index in [0.717, 1.165) is 27.7 Å². The lowest BCUT2D eigenvalue weighted by molar-refractivity contribution is 0.310. The van der Waals surface area contributed by atoms with Crippen LogP contribution in [0.3, 0.4) is 0 Å². The second-order valence-electron chi connectivity index (χ2n) is 5.64. The smallest absolute Gasteiger partial charge is 0.199 e. The standard InChI is InChI=1S/C17H17N7O/c1-2-24-15-12(11-5-3-4-10(6-11)7-18)8-20-9-13(15)21-17(24)14-16(19)23-25-22-14/h3-6,8-9H,2,7,18H2,1H3,(H2,19,23). The van der Waals surface area contributed by atoms with E-state index in [1.807, 2.05) is 35.9 Å². The van der Waals surface area contributed by atoms with Crippen LogP contribution >= 0.6 is 0 Å². The van der Waals surface area contributed by atoms with Crippen molar-refractivity contribution in [3.63, 3.8) is 0 Å². The SMILES string of the molecule is CCn1c(-c2nonc2N)nc2cncc(-c3cccc(CN)c3)c21. The molecule has 0 bridgehead atoms. The Balaban J connectivity index is 2.01. The molecule has 1 aromatic carbocycles. The van der Waals surface area contributed by atoms with Crippen molar-refractivity contribution < 1.29 is 4.63 Å². The van der Waals surface area contributed by atoms with Gasteiger partial charge >= 0.3 is 0 Å². The van der Waals surface area contributed by atoms with Crippen molar-refractivity contribution >= 4 is 16.9 Å². The van der Waals surface area contributed by atoms with Gasteiger partial charge in [0.1, 0.15) is 5.52 Å². The predicted octanol–water partition coefficient (Wildman–Crippen LogP) is 2.21. The predicted molar refractivity (Wildman–Crippen MR) is 94.2 cm³/mol. The summed E-state index contributed by atoms with van der Waals surface area (Å²) in [4.78, 5) is 8.99. The maximum absolute atomic E-state index is 5.85. The first kappa shape index (κ1) is 15.3. The maximum atomic E-state index is 5.85. The Labute approximate surface area is 143 Å². The van der Waals surface area contributed by atoms with Crippen LogP contribution in [-0.4, -0.2) is 24.8 Å². The summed E-state index contributed by atoms with van der Waals surface area (Å²) in [7, 11) is 0. The van der Waals surface area contributed by atoms with E-state index in [-0.39, 0.29) is 5.82 Å². The van der Waals surface area contributed by atoms with Crippen molar-refractivity contribution in [3.05, 3.63) is 42.2 Å². The van der Waals surface area contributed by atoms with Crippen molar-refractivity contribution in [2.75, 3.05) is 5.73 Å². The molecular weight excluding hydrogens is 318 g/mol. The molecule has 4 N–H and O–H groups in total. The van der Waals surface area contributed by atoms with Crippen LogP contribution in [0.25, 0.3) is 33.7 Å². The van der Waals surface area contributed by atoms with Gasteiger partial charge in [0.15, 0.2) is 17.3 Å². The summed E-state index contributed by atoms with van der Waals surface area (Å²) in [5.74, 6) is 0.824. The molecule has 4 aromatic rings. The molecule has 0 unspecified atom stereocenters. The van der Waals surface area contributed by atoms with E-state index in [0.29, 0.717) is 24.6 Å². The molecule has 3 aromatic heterocycles. The number of hydrogen-bond donors (Lipinski definition) is 2. The fourth-order valence-electron chi connectivity index (χ4n) is 3.00. The first-order valence-electron chi connectivity index (χ1n) is 7.95. The third-order valence-electron chi connectivity index (χ3n) is 4.17. The number of pyridine rings is 1. The monoisotopic (exact) mass is 335 g/mol. The molecule has 0 aliphatic rings. The number of benzene rings is 1. The van der Waals surface area contributed by atoms with E-state index in [1.54, 1.807) is 6.20 Å². The van der Waals surface area contributed by atoms with Gasteiger partial charge in [-0.25, -0.2) is 9.61 Å². The Morgan fingerprint density at radius 3 is 2.80 bits per heavy atom. The zero-order valence-corrected chi connectivity index (χ0v) is 13.7. The summed E-state index contributed by atoms with van der Waals surface area (Å²) in [6.07, 6.45) is 3.56. The van der Waals surface area contributed by atoms with Crippen LogP contribution < -0.4 is 11.5 Å². The maximum Gasteiger partial charge on any atom is 0.199 e. The summed E-state index contributed by atoms with van der Waals surface area (Å²) in [5, 5.41) is 7.54. The van der Waals surface area contributed by atoms with Crippen LogP contribution in [0, 0.1) is 0 Å².